The first-order chi connectivity index (χ1) is 8.60. The third-order valence-electron chi connectivity index (χ3n) is 2.61. The van der Waals surface area contributed by atoms with Crippen LogP contribution in [0.3, 0.4) is 0 Å². The number of pyridine rings is 1. The number of hydrogen-bond donors (Lipinski definition) is 1. The Morgan fingerprint density at radius 2 is 2.17 bits per heavy atom. The van der Waals surface area contributed by atoms with Crippen molar-refractivity contribution >= 4 is 11.6 Å². The molecule has 2 rings (SSSR count). The molecule has 0 fully saturated rings. The highest BCUT2D eigenvalue weighted by Gasteiger charge is 2.04. The first-order valence-electron chi connectivity index (χ1n) is 5.53. The summed E-state index contributed by atoms with van der Waals surface area (Å²) in [4.78, 5) is 29.3. The molecule has 0 amide bonds. The van der Waals surface area contributed by atoms with Crippen molar-refractivity contribution in [2.24, 2.45) is 0 Å². The lowest BCUT2D eigenvalue weighted by Gasteiger charge is -2.06. The molecule has 2 heterocycles. The second kappa shape index (κ2) is 5.18. The number of rotatable bonds is 3. The number of aromatic amines is 1. The van der Waals surface area contributed by atoms with Gasteiger partial charge >= 0.3 is 5.69 Å². The molecule has 0 saturated heterocycles. The summed E-state index contributed by atoms with van der Waals surface area (Å²) in [5.74, 6) is 0. The number of aromatic nitrogens is 3. The molecule has 2 aromatic heterocycles. The maximum Gasteiger partial charge on any atom is 0.328 e. The van der Waals surface area contributed by atoms with Gasteiger partial charge in [0.1, 0.15) is 5.15 Å². The molecule has 0 unspecified atom stereocenters. The number of aryl methyl sites for hydroxylation is 1. The van der Waals surface area contributed by atoms with Crippen LogP contribution >= 0.6 is 11.6 Å². The Morgan fingerprint density at radius 1 is 1.39 bits per heavy atom. The van der Waals surface area contributed by atoms with Gasteiger partial charge in [-0.1, -0.05) is 24.6 Å². The second-order valence-electron chi connectivity index (χ2n) is 3.88. The zero-order valence-electron chi connectivity index (χ0n) is 9.81. The molecule has 0 saturated carbocycles. The Hall–Kier alpha value is -1.88. The fourth-order valence-electron chi connectivity index (χ4n) is 1.62. The normalized spacial score (nSPS) is 10.6. The van der Waals surface area contributed by atoms with E-state index in [9.17, 15) is 9.59 Å². The molecule has 0 aliphatic carbocycles. The minimum Gasteiger partial charge on any atom is -0.296 e. The summed E-state index contributed by atoms with van der Waals surface area (Å²) >= 11 is 5.69. The molecule has 1 N–H and O–H groups in total. The van der Waals surface area contributed by atoms with E-state index in [1.807, 2.05) is 6.92 Å². The Kier molecular flexibility index (Phi) is 3.62. The quantitative estimate of drug-likeness (QED) is 0.848. The van der Waals surface area contributed by atoms with Gasteiger partial charge in [0, 0.05) is 18.0 Å². The fraction of sp³-hybridized carbons (Fsp3) is 0.250. The first-order valence-corrected chi connectivity index (χ1v) is 5.91. The summed E-state index contributed by atoms with van der Waals surface area (Å²) < 4.78 is 1.45. The number of halogens is 1. The van der Waals surface area contributed by atoms with Gasteiger partial charge in [-0.3, -0.25) is 14.3 Å². The summed E-state index contributed by atoms with van der Waals surface area (Å²) in [6.07, 6.45) is 3.76. The minimum absolute atomic E-state index is 0.326. The van der Waals surface area contributed by atoms with Crippen molar-refractivity contribution in [2.75, 3.05) is 0 Å². The molecule has 6 heteroatoms. The third-order valence-corrected chi connectivity index (χ3v) is 2.83. The lowest BCUT2D eigenvalue weighted by Crippen LogP contribution is -2.31. The van der Waals surface area contributed by atoms with Gasteiger partial charge in [-0.25, -0.2) is 9.78 Å². The van der Waals surface area contributed by atoms with Gasteiger partial charge in [0.15, 0.2) is 0 Å². The summed E-state index contributed by atoms with van der Waals surface area (Å²) in [7, 11) is 0. The van der Waals surface area contributed by atoms with Gasteiger partial charge in [-0.2, -0.15) is 0 Å². The third kappa shape index (κ3) is 2.68. The van der Waals surface area contributed by atoms with E-state index in [-0.39, 0.29) is 5.56 Å². The molecule has 0 aromatic carbocycles. The van der Waals surface area contributed by atoms with Crippen LogP contribution < -0.4 is 11.2 Å². The van der Waals surface area contributed by atoms with E-state index >= 15 is 0 Å². The molecule has 18 heavy (non-hydrogen) atoms. The van der Waals surface area contributed by atoms with E-state index in [0.717, 1.165) is 5.56 Å². The number of nitrogens with zero attached hydrogens (tertiary/aromatic N) is 2. The van der Waals surface area contributed by atoms with Crippen molar-refractivity contribution in [3.63, 3.8) is 0 Å². The van der Waals surface area contributed by atoms with Crippen LogP contribution in [0, 0.1) is 0 Å². The highest BCUT2D eigenvalue weighted by molar-refractivity contribution is 6.29. The largest absolute Gasteiger partial charge is 0.328 e. The van der Waals surface area contributed by atoms with E-state index < -0.39 is 5.69 Å². The Morgan fingerprint density at radius 3 is 2.78 bits per heavy atom. The zero-order valence-corrected chi connectivity index (χ0v) is 10.6. The van der Waals surface area contributed by atoms with Crippen molar-refractivity contribution in [3.8, 4) is 0 Å². The lowest BCUT2D eigenvalue weighted by molar-refractivity contribution is 0.705. The van der Waals surface area contributed by atoms with Gasteiger partial charge < -0.3 is 0 Å². The van der Waals surface area contributed by atoms with E-state index in [1.165, 1.54) is 4.57 Å². The number of nitrogens with one attached hydrogen (secondary N) is 1. The summed E-state index contributed by atoms with van der Waals surface area (Å²) in [6.45, 7) is 2.22. The average Bonchev–Trinajstić information content (AvgIpc) is 2.35. The summed E-state index contributed by atoms with van der Waals surface area (Å²) in [5.41, 5.74) is 0.673. The molecule has 0 aliphatic rings. The summed E-state index contributed by atoms with van der Waals surface area (Å²) in [5, 5.41) is 0.404. The molecule has 0 aliphatic heterocycles. The van der Waals surface area contributed by atoms with Crippen LogP contribution in [-0.2, 0) is 13.0 Å². The highest BCUT2D eigenvalue weighted by atomic mass is 35.5. The fourth-order valence-corrected chi connectivity index (χ4v) is 1.73. The molecular weight excluding hydrogens is 254 g/mol. The molecular formula is C12H12ClN3O2. The van der Waals surface area contributed by atoms with Crippen LogP contribution in [-0.4, -0.2) is 14.5 Å². The van der Waals surface area contributed by atoms with E-state index in [0.29, 0.717) is 23.7 Å². The van der Waals surface area contributed by atoms with Crippen LogP contribution in [0.2, 0.25) is 5.15 Å². The predicted octanol–water partition coefficient (Wildman–Crippen LogP) is 1.20. The summed E-state index contributed by atoms with van der Waals surface area (Å²) in [6, 6.07) is 3.45. The van der Waals surface area contributed by atoms with Gasteiger partial charge in [0.2, 0.25) is 0 Å². The van der Waals surface area contributed by atoms with Crippen LogP contribution in [0.25, 0.3) is 0 Å². The number of H-pyrrole nitrogens is 1. The second-order valence-corrected chi connectivity index (χ2v) is 4.27. The minimum atomic E-state index is -0.424. The van der Waals surface area contributed by atoms with E-state index in [4.69, 9.17) is 11.6 Å². The molecule has 94 valence electrons. The van der Waals surface area contributed by atoms with E-state index in [2.05, 4.69) is 9.97 Å². The molecule has 0 atom stereocenters. The van der Waals surface area contributed by atoms with Crippen molar-refractivity contribution in [2.45, 2.75) is 19.9 Å². The van der Waals surface area contributed by atoms with Gasteiger partial charge in [0.25, 0.3) is 5.56 Å². The van der Waals surface area contributed by atoms with E-state index in [1.54, 1.807) is 24.5 Å². The van der Waals surface area contributed by atoms with Crippen molar-refractivity contribution in [1.29, 1.82) is 0 Å². The number of hydrogen-bond acceptors (Lipinski definition) is 3. The molecule has 2 aromatic rings. The first kappa shape index (κ1) is 12.6. The average molecular weight is 266 g/mol. The Balaban J connectivity index is 2.37. The van der Waals surface area contributed by atoms with Crippen molar-refractivity contribution in [3.05, 3.63) is 61.6 Å². The highest BCUT2D eigenvalue weighted by Crippen LogP contribution is 2.06. The standard InChI is InChI=1S/C12H12ClN3O2/c1-2-9-7-16(12(18)15-11(9)17)6-8-3-4-10(13)14-5-8/h3-5,7H,2,6H2,1H3,(H,15,17,18). The smallest absolute Gasteiger partial charge is 0.296 e. The van der Waals surface area contributed by atoms with Crippen molar-refractivity contribution < 1.29 is 0 Å². The monoisotopic (exact) mass is 265 g/mol. The molecule has 0 spiro atoms. The maximum atomic E-state index is 11.6. The molecule has 5 nitrogen and oxygen atoms in total. The van der Waals surface area contributed by atoms with Crippen LogP contribution in [0.15, 0.2) is 34.1 Å². The maximum absolute atomic E-state index is 11.6. The SMILES string of the molecule is CCc1cn(Cc2ccc(Cl)nc2)c(=O)[nH]c1=O. The van der Waals surface area contributed by atoms with Crippen molar-refractivity contribution in [1.82, 2.24) is 14.5 Å². The molecule has 0 radical (unpaired) electrons. The topological polar surface area (TPSA) is 67.8 Å². The zero-order chi connectivity index (χ0) is 13.1. The van der Waals surface area contributed by atoms with Gasteiger partial charge in [-0.05, 0) is 18.1 Å². The van der Waals surface area contributed by atoms with Gasteiger partial charge in [-0.15, -0.1) is 0 Å². The molecule has 0 bridgehead atoms. The Labute approximate surface area is 108 Å². The lowest BCUT2D eigenvalue weighted by atomic mass is 10.2. The predicted molar refractivity (Wildman–Crippen MR) is 69.0 cm³/mol. The van der Waals surface area contributed by atoms with Gasteiger partial charge in [0.05, 0.1) is 6.54 Å². The Bertz CT molecular complexity index is 658. The van der Waals surface area contributed by atoms with Crippen LogP contribution in [0.5, 0.6) is 0 Å². The van der Waals surface area contributed by atoms with Crippen LogP contribution in [0.1, 0.15) is 18.1 Å². The van der Waals surface area contributed by atoms with Crippen LogP contribution in [0.4, 0.5) is 0 Å².